The number of ether oxygens (including phenoxy) is 1. The van der Waals surface area contributed by atoms with Crippen molar-refractivity contribution in [1.29, 1.82) is 0 Å². The van der Waals surface area contributed by atoms with Crippen LogP contribution >= 0.6 is 11.3 Å². The molecule has 0 bridgehead atoms. The number of morpholine rings is 1. The molecule has 2 aromatic heterocycles. The highest BCUT2D eigenvalue weighted by Crippen LogP contribution is 2.29. The highest BCUT2D eigenvalue weighted by atomic mass is 32.1. The zero-order valence-corrected chi connectivity index (χ0v) is 12.7. The Labute approximate surface area is 127 Å². The van der Waals surface area contributed by atoms with Crippen LogP contribution in [0.4, 0.5) is 0 Å². The zero-order chi connectivity index (χ0) is 14.1. The first kappa shape index (κ1) is 13.4. The topological polar surface area (TPSA) is 51.4 Å². The summed E-state index contributed by atoms with van der Waals surface area (Å²) in [6, 6.07) is 2.54. The van der Waals surface area contributed by atoms with E-state index in [-0.39, 0.29) is 0 Å². The molecule has 0 unspecified atom stereocenters. The van der Waals surface area contributed by atoms with Gasteiger partial charge in [-0.25, -0.2) is 0 Å². The van der Waals surface area contributed by atoms with Crippen LogP contribution in [0.3, 0.4) is 0 Å². The lowest BCUT2D eigenvalue weighted by Crippen LogP contribution is -2.52. The Morgan fingerprint density at radius 1 is 1.33 bits per heavy atom. The lowest BCUT2D eigenvalue weighted by atomic mass is 9.90. The Morgan fingerprint density at radius 2 is 2.29 bits per heavy atom. The molecule has 21 heavy (non-hydrogen) atoms. The number of hydrogen-bond donors (Lipinski definition) is 0. The molecule has 0 spiro atoms. The van der Waals surface area contributed by atoms with Gasteiger partial charge in [0.2, 0.25) is 11.7 Å². The first-order valence-electron chi connectivity index (χ1n) is 7.61. The predicted octanol–water partition coefficient (Wildman–Crippen LogP) is 2.94. The van der Waals surface area contributed by atoms with E-state index in [0.29, 0.717) is 23.9 Å². The van der Waals surface area contributed by atoms with Gasteiger partial charge < -0.3 is 9.26 Å². The van der Waals surface area contributed by atoms with Crippen molar-refractivity contribution in [2.24, 2.45) is 0 Å². The molecule has 0 radical (unpaired) electrons. The van der Waals surface area contributed by atoms with Gasteiger partial charge in [-0.2, -0.15) is 16.3 Å². The minimum Gasteiger partial charge on any atom is -0.375 e. The van der Waals surface area contributed by atoms with Crippen molar-refractivity contribution in [3.63, 3.8) is 0 Å². The third-order valence-corrected chi connectivity index (χ3v) is 5.12. The number of fused-ring (bicyclic) bond motifs is 1. The van der Waals surface area contributed by atoms with Crippen LogP contribution in [0.1, 0.15) is 31.6 Å². The van der Waals surface area contributed by atoms with Gasteiger partial charge in [0.1, 0.15) is 0 Å². The van der Waals surface area contributed by atoms with E-state index >= 15 is 0 Å². The summed E-state index contributed by atoms with van der Waals surface area (Å²) in [5.74, 6) is 1.40. The molecule has 1 aliphatic heterocycles. The number of thiophene rings is 1. The van der Waals surface area contributed by atoms with Crippen LogP contribution < -0.4 is 0 Å². The Balaban J connectivity index is 1.47. The molecule has 112 valence electrons. The summed E-state index contributed by atoms with van der Waals surface area (Å²) in [5, 5.41) is 8.16. The van der Waals surface area contributed by atoms with E-state index in [4.69, 9.17) is 9.26 Å². The molecule has 1 aliphatic carbocycles. The molecule has 2 aliphatic rings. The molecule has 2 fully saturated rings. The Kier molecular flexibility index (Phi) is 3.75. The first-order valence-corrected chi connectivity index (χ1v) is 8.55. The minimum atomic E-state index is 0.395. The van der Waals surface area contributed by atoms with E-state index in [0.717, 1.165) is 25.3 Å². The van der Waals surface area contributed by atoms with Crippen molar-refractivity contribution < 1.29 is 9.26 Å². The Hall–Kier alpha value is -1.24. The van der Waals surface area contributed by atoms with Gasteiger partial charge in [-0.15, -0.1) is 0 Å². The molecule has 6 heteroatoms. The molecule has 2 atom stereocenters. The fraction of sp³-hybridized carbons (Fsp3) is 0.600. The van der Waals surface area contributed by atoms with Crippen LogP contribution in [0.25, 0.3) is 11.4 Å². The summed E-state index contributed by atoms with van der Waals surface area (Å²) in [5.41, 5.74) is 1.03. The zero-order valence-electron chi connectivity index (χ0n) is 11.9. The lowest BCUT2D eigenvalue weighted by Gasteiger charge is -2.43. The van der Waals surface area contributed by atoms with Gasteiger partial charge >= 0.3 is 0 Å². The highest BCUT2D eigenvalue weighted by Gasteiger charge is 2.34. The van der Waals surface area contributed by atoms with Crippen molar-refractivity contribution in [3.8, 4) is 11.4 Å². The van der Waals surface area contributed by atoms with Gasteiger partial charge in [-0.05, 0) is 24.3 Å². The molecule has 0 N–H and O–H groups in total. The molecule has 0 aromatic carbocycles. The molecule has 5 nitrogen and oxygen atoms in total. The van der Waals surface area contributed by atoms with Crippen molar-refractivity contribution in [1.82, 2.24) is 15.0 Å². The van der Waals surface area contributed by atoms with E-state index in [9.17, 15) is 0 Å². The molecule has 3 heterocycles. The minimum absolute atomic E-state index is 0.395. The summed E-state index contributed by atoms with van der Waals surface area (Å²) in [7, 11) is 0. The van der Waals surface area contributed by atoms with Gasteiger partial charge in [-0.1, -0.05) is 18.0 Å². The Morgan fingerprint density at radius 3 is 3.19 bits per heavy atom. The summed E-state index contributed by atoms with van der Waals surface area (Å²) in [6.07, 6.45) is 5.39. The fourth-order valence-electron chi connectivity index (χ4n) is 3.37. The van der Waals surface area contributed by atoms with Gasteiger partial charge in [0, 0.05) is 23.5 Å². The fourth-order valence-corrected chi connectivity index (χ4v) is 4.01. The standard InChI is InChI=1S/C15H19N3O2S/c1-2-4-13-12(3-1)18(6-7-19-13)9-14-16-15(17-20-14)11-5-8-21-10-11/h5,8,10,12-13H,1-4,6-7,9H2/t12-,13-/m1/s1. The van der Waals surface area contributed by atoms with Crippen molar-refractivity contribution >= 4 is 11.3 Å². The van der Waals surface area contributed by atoms with Gasteiger partial charge in [0.25, 0.3) is 0 Å². The number of aromatic nitrogens is 2. The first-order chi connectivity index (χ1) is 10.4. The average Bonchev–Trinajstić information content (AvgIpc) is 3.18. The van der Waals surface area contributed by atoms with Crippen LogP contribution in [-0.2, 0) is 11.3 Å². The van der Waals surface area contributed by atoms with E-state index < -0.39 is 0 Å². The number of hydrogen-bond acceptors (Lipinski definition) is 6. The van der Waals surface area contributed by atoms with Crippen LogP contribution in [0.5, 0.6) is 0 Å². The van der Waals surface area contributed by atoms with Gasteiger partial charge in [0.05, 0.1) is 19.3 Å². The van der Waals surface area contributed by atoms with Crippen molar-refractivity contribution in [2.75, 3.05) is 13.2 Å². The predicted molar refractivity (Wildman–Crippen MR) is 80.0 cm³/mol. The molecular formula is C15H19N3O2S. The number of rotatable bonds is 3. The summed E-state index contributed by atoms with van der Waals surface area (Å²) < 4.78 is 11.3. The molecule has 0 amide bonds. The Bertz CT molecular complexity index is 582. The molecule has 1 saturated heterocycles. The second-order valence-electron chi connectivity index (χ2n) is 5.76. The van der Waals surface area contributed by atoms with E-state index in [1.54, 1.807) is 11.3 Å². The quantitative estimate of drug-likeness (QED) is 0.872. The van der Waals surface area contributed by atoms with E-state index in [2.05, 4.69) is 15.0 Å². The molecule has 4 rings (SSSR count). The normalized spacial score (nSPS) is 26.7. The van der Waals surface area contributed by atoms with Gasteiger partial charge in [-0.3, -0.25) is 4.90 Å². The largest absolute Gasteiger partial charge is 0.375 e. The van der Waals surface area contributed by atoms with Crippen molar-refractivity contribution in [3.05, 3.63) is 22.7 Å². The molecule has 1 saturated carbocycles. The van der Waals surface area contributed by atoms with Crippen LogP contribution in [0.2, 0.25) is 0 Å². The monoisotopic (exact) mass is 305 g/mol. The third kappa shape index (κ3) is 2.75. The summed E-state index contributed by atoms with van der Waals surface area (Å²) in [6.45, 7) is 2.51. The SMILES string of the molecule is c1cc(-c2noc(CN3CCO[C@@H]4CCCC[C@H]43)n2)cs1. The second kappa shape index (κ2) is 5.87. The maximum absolute atomic E-state index is 5.91. The lowest BCUT2D eigenvalue weighted by molar-refractivity contribution is -0.0933. The summed E-state index contributed by atoms with van der Waals surface area (Å²) >= 11 is 1.65. The number of nitrogens with zero attached hydrogens (tertiary/aromatic N) is 3. The van der Waals surface area contributed by atoms with E-state index in [1.807, 2.05) is 16.8 Å². The smallest absolute Gasteiger partial charge is 0.241 e. The van der Waals surface area contributed by atoms with Crippen molar-refractivity contribution in [2.45, 2.75) is 44.4 Å². The summed E-state index contributed by atoms with van der Waals surface area (Å²) in [4.78, 5) is 6.99. The van der Waals surface area contributed by atoms with E-state index in [1.165, 1.54) is 25.7 Å². The third-order valence-electron chi connectivity index (χ3n) is 4.43. The van der Waals surface area contributed by atoms with Crippen LogP contribution in [0.15, 0.2) is 21.3 Å². The maximum Gasteiger partial charge on any atom is 0.241 e. The molecular weight excluding hydrogens is 286 g/mol. The van der Waals surface area contributed by atoms with Crippen LogP contribution in [0, 0.1) is 0 Å². The molecule has 2 aromatic rings. The maximum atomic E-state index is 5.91. The van der Waals surface area contributed by atoms with Crippen LogP contribution in [-0.4, -0.2) is 40.3 Å². The second-order valence-corrected chi connectivity index (χ2v) is 6.54. The highest BCUT2D eigenvalue weighted by molar-refractivity contribution is 7.08. The van der Waals surface area contributed by atoms with Gasteiger partial charge in [0.15, 0.2) is 0 Å². The average molecular weight is 305 g/mol.